The maximum absolute atomic E-state index is 11.8. The summed E-state index contributed by atoms with van der Waals surface area (Å²) in [7, 11) is 0. The highest BCUT2D eigenvalue weighted by Crippen LogP contribution is 2.37. The van der Waals surface area contributed by atoms with Crippen LogP contribution in [0.2, 0.25) is 0 Å². The van der Waals surface area contributed by atoms with Gasteiger partial charge in [-0.25, -0.2) is 4.98 Å². The highest BCUT2D eigenvalue weighted by Gasteiger charge is 2.47. The third-order valence-electron chi connectivity index (χ3n) is 4.50. The van der Waals surface area contributed by atoms with Crippen molar-refractivity contribution >= 4 is 29.7 Å². The van der Waals surface area contributed by atoms with Gasteiger partial charge in [-0.3, -0.25) is 19.4 Å². The number of pyridine rings is 2. The molecule has 0 radical (unpaired) electrons. The molecule has 1 fully saturated rings. The lowest BCUT2D eigenvalue weighted by atomic mass is 10.1. The summed E-state index contributed by atoms with van der Waals surface area (Å²) in [6, 6.07) is 7.21. The SMILES string of the molecule is CC(=O)O[C@@H]1[C@@H](OC(C)=O)[C@@H](Oc2ccc(C)nc2-c2ccncc2)SC[C@H]1OC(C)=O. The molecular weight excluding hydrogens is 436 g/mol. The van der Waals surface area contributed by atoms with E-state index in [1.807, 2.05) is 19.1 Å². The fourth-order valence-electron chi connectivity index (χ4n) is 3.29. The second kappa shape index (κ2) is 10.4. The molecule has 0 aliphatic carbocycles. The van der Waals surface area contributed by atoms with Crippen LogP contribution in [-0.2, 0) is 28.6 Å². The molecule has 4 atom stereocenters. The van der Waals surface area contributed by atoms with E-state index in [-0.39, 0.29) is 5.75 Å². The Bertz CT molecular complexity index is 985. The Hall–Kier alpha value is -3.14. The molecule has 2 aromatic heterocycles. The highest BCUT2D eigenvalue weighted by molar-refractivity contribution is 7.99. The predicted molar refractivity (Wildman–Crippen MR) is 116 cm³/mol. The van der Waals surface area contributed by atoms with Crippen LogP contribution in [-0.4, -0.2) is 57.4 Å². The Balaban J connectivity index is 1.95. The van der Waals surface area contributed by atoms with Gasteiger partial charge in [0.15, 0.2) is 23.7 Å². The first kappa shape index (κ1) is 23.5. The maximum Gasteiger partial charge on any atom is 0.303 e. The van der Waals surface area contributed by atoms with Crippen molar-refractivity contribution in [3.63, 3.8) is 0 Å². The molecule has 0 unspecified atom stereocenters. The molecular formula is C22H24N2O7S. The summed E-state index contributed by atoms with van der Waals surface area (Å²) in [5, 5.41) is 0. The van der Waals surface area contributed by atoms with E-state index in [1.54, 1.807) is 24.5 Å². The van der Waals surface area contributed by atoms with E-state index in [4.69, 9.17) is 18.9 Å². The average Bonchev–Trinajstić information content (AvgIpc) is 2.73. The number of aryl methyl sites for hydroxylation is 1. The monoisotopic (exact) mass is 460 g/mol. The number of hydrogen-bond donors (Lipinski definition) is 0. The van der Waals surface area contributed by atoms with Crippen molar-refractivity contribution in [1.29, 1.82) is 0 Å². The molecule has 0 N–H and O–H groups in total. The van der Waals surface area contributed by atoms with Crippen LogP contribution in [0.5, 0.6) is 5.75 Å². The summed E-state index contributed by atoms with van der Waals surface area (Å²) in [6.45, 7) is 5.61. The second-order valence-electron chi connectivity index (χ2n) is 7.15. The molecule has 1 saturated heterocycles. The largest absolute Gasteiger partial charge is 0.473 e. The quantitative estimate of drug-likeness (QED) is 0.471. The number of carbonyl (C=O) groups excluding carboxylic acids is 3. The van der Waals surface area contributed by atoms with Crippen molar-refractivity contribution in [3.05, 3.63) is 42.4 Å². The fraction of sp³-hybridized carbons (Fsp3) is 0.409. The first-order valence-electron chi connectivity index (χ1n) is 9.92. The first-order chi connectivity index (χ1) is 15.2. The molecule has 10 heteroatoms. The Morgan fingerprint density at radius 2 is 1.53 bits per heavy atom. The molecule has 0 aromatic carbocycles. The maximum atomic E-state index is 11.8. The third kappa shape index (κ3) is 5.97. The lowest BCUT2D eigenvalue weighted by molar-refractivity contribution is -0.186. The Labute approximate surface area is 189 Å². The zero-order valence-corrected chi connectivity index (χ0v) is 19.0. The molecule has 0 amide bonds. The van der Waals surface area contributed by atoms with Gasteiger partial charge in [-0.2, -0.15) is 0 Å². The fourth-order valence-corrected chi connectivity index (χ4v) is 4.50. The predicted octanol–water partition coefficient (Wildman–Crippen LogP) is 2.70. The van der Waals surface area contributed by atoms with E-state index in [9.17, 15) is 14.4 Å². The van der Waals surface area contributed by atoms with Crippen LogP contribution >= 0.6 is 11.8 Å². The van der Waals surface area contributed by atoms with Crippen LogP contribution in [0, 0.1) is 6.92 Å². The molecule has 0 spiro atoms. The topological polar surface area (TPSA) is 114 Å². The Morgan fingerprint density at radius 1 is 0.906 bits per heavy atom. The molecule has 1 aliphatic heterocycles. The van der Waals surface area contributed by atoms with Crippen molar-refractivity contribution in [2.24, 2.45) is 0 Å². The molecule has 0 bridgehead atoms. The van der Waals surface area contributed by atoms with Gasteiger partial charge in [0, 0.05) is 50.2 Å². The lowest BCUT2D eigenvalue weighted by Crippen LogP contribution is -2.55. The molecule has 3 rings (SSSR count). The van der Waals surface area contributed by atoms with Gasteiger partial charge in [-0.05, 0) is 31.2 Å². The van der Waals surface area contributed by atoms with Crippen LogP contribution in [0.25, 0.3) is 11.3 Å². The number of aromatic nitrogens is 2. The molecule has 32 heavy (non-hydrogen) atoms. The summed E-state index contributed by atoms with van der Waals surface area (Å²) in [5.41, 5.74) is 1.46. The number of nitrogens with zero attached hydrogens (tertiary/aromatic N) is 2. The summed E-state index contributed by atoms with van der Waals surface area (Å²) in [6.07, 6.45) is 0.489. The first-order valence-corrected chi connectivity index (χ1v) is 11.0. The van der Waals surface area contributed by atoms with Gasteiger partial charge in [0.25, 0.3) is 0 Å². The third-order valence-corrected chi connectivity index (χ3v) is 5.71. The molecule has 9 nitrogen and oxygen atoms in total. The number of esters is 3. The number of hydrogen-bond acceptors (Lipinski definition) is 10. The molecule has 2 aromatic rings. The van der Waals surface area contributed by atoms with Gasteiger partial charge in [-0.1, -0.05) is 0 Å². The van der Waals surface area contributed by atoms with Crippen molar-refractivity contribution in [3.8, 4) is 17.0 Å². The van der Waals surface area contributed by atoms with Crippen molar-refractivity contribution < 1.29 is 33.3 Å². The van der Waals surface area contributed by atoms with Crippen LogP contribution in [0.15, 0.2) is 36.7 Å². The summed E-state index contributed by atoms with van der Waals surface area (Å²) in [4.78, 5) is 43.8. The van der Waals surface area contributed by atoms with Crippen LogP contribution < -0.4 is 4.74 Å². The van der Waals surface area contributed by atoms with Crippen molar-refractivity contribution in [2.45, 2.75) is 51.4 Å². The van der Waals surface area contributed by atoms with Crippen molar-refractivity contribution in [2.75, 3.05) is 5.75 Å². The van der Waals surface area contributed by atoms with E-state index in [1.165, 1.54) is 32.5 Å². The molecule has 3 heterocycles. The summed E-state index contributed by atoms with van der Waals surface area (Å²) in [5.74, 6) is -0.963. The number of thioether (sulfide) groups is 1. The standard InChI is InChI=1S/C22H24N2O7S/c1-12-5-6-17(19(24-12)16-7-9-23-10-8-16)31-22-21(30-15(4)27)20(29-14(3)26)18(11-32-22)28-13(2)25/h5-10,18,20-22H,11H2,1-4H3/t18-,20+,21-,22+/m1/s1. The van der Waals surface area contributed by atoms with E-state index >= 15 is 0 Å². The van der Waals surface area contributed by atoms with Gasteiger partial charge < -0.3 is 18.9 Å². The van der Waals surface area contributed by atoms with Gasteiger partial charge in [-0.15, -0.1) is 11.8 Å². The molecule has 170 valence electrons. The normalized spacial score (nSPS) is 22.5. The highest BCUT2D eigenvalue weighted by atomic mass is 32.2. The van der Waals surface area contributed by atoms with Gasteiger partial charge >= 0.3 is 17.9 Å². The van der Waals surface area contributed by atoms with Gasteiger partial charge in [0.05, 0.1) is 0 Å². The van der Waals surface area contributed by atoms with E-state index in [0.29, 0.717) is 11.4 Å². The van der Waals surface area contributed by atoms with Crippen LogP contribution in [0.4, 0.5) is 0 Å². The lowest BCUT2D eigenvalue weighted by Gasteiger charge is -2.40. The molecule has 0 saturated carbocycles. The zero-order chi connectivity index (χ0) is 23.3. The van der Waals surface area contributed by atoms with Gasteiger partial charge in [0.1, 0.15) is 11.4 Å². The molecule has 1 aliphatic rings. The van der Waals surface area contributed by atoms with E-state index in [0.717, 1.165) is 11.3 Å². The smallest absolute Gasteiger partial charge is 0.303 e. The minimum atomic E-state index is -1.02. The van der Waals surface area contributed by atoms with E-state index < -0.39 is 41.7 Å². The Morgan fingerprint density at radius 3 is 2.16 bits per heavy atom. The zero-order valence-electron chi connectivity index (χ0n) is 18.1. The van der Waals surface area contributed by atoms with Crippen LogP contribution in [0.1, 0.15) is 26.5 Å². The van der Waals surface area contributed by atoms with Crippen LogP contribution in [0.3, 0.4) is 0 Å². The number of rotatable bonds is 6. The van der Waals surface area contributed by atoms with E-state index in [2.05, 4.69) is 9.97 Å². The van der Waals surface area contributed by atoms with Gasteiger partial charge in [0.2, 0.25) is 0 Å². The second-order valence-corrected chi connectivity index (χ2v) is 8.28. The Kier molecular flexibility index (Phi) is 7.68. The minimum Gasteiger partial charge on any atom is -0.473 e. The summed E-state index contributed by atoms with van der Waals surface area (Å²) >= 11 is 1.29. The number of carbonyl (C=O) groups is 3. The van der Waals surface area contributed by atoms with Crippen molar-refractivity contribution in [1.82, 2.24) is 9.97 Å². The minimum absolute atomic E-state index is 0.282. The average molecular weight is 461 g/mol. The number of ether oxygens (including phenoxy) is 4. The summed E-state index contributed by atoms with van der Waals surface area (Å²) < 4.78 is 22.5.